The van der Waals surface area contributed by atoms with Crippen LogP contribution in [-0.2, 0) is 16.0 Å². The standard InChI is InChI=1S/C27H27FN4O2/c1-17(30-23(33)16-18-12-14-20(28)15-13-18)26(34)25-27(29)32(2)22-11-7-6-10-21(22)24(31-25)19-8-4-3-5-9-19/h3-15,17,25,27H,16,29H2,1-2H3,(H,30,33)/t17?,25?,27-/m0/s1. The molecule has 1 aliphatic heterocycles. The Bertz CT molecular complexity index is 1210. The Kier molecular flexibility index (Phi) is 6.84. The summed E-state index contributed by atoms with van der Waals surface area (Å²) in [4.78, 5) is 32.7. The number of fused-ring (bicyclic) bond motifs is 1. The summed E-state index contributed by atoms with van der Waals surface area (Å²) in [5.41, 5.74) is 10.5. The number of anilines is 1. The lowest BCUT2D eigenvalue weighted by Crippen LogP contribution is -2.55. The van der Waals surface area contributed by atoms with Gasteiger partial charge in [0.1, 0.15) is 18.0 Å². The number of aliphatic imine (C=N–C) groups is 1. The Morgan fingerprint density at radius 1 is 1.03 bits per heavy atom. The molecule has 0 saturated carbocycles. The summed E-state index contributed by atoms with van der Waals surface area (Å²) in [5.74, 6) is -0.987. The topological polar surface area (TPSA) is 87.8 Å². The van der Waals surface area contributed by atoms with Crippen molar-refractivity contribution in [2.75, 3.05) is 11.9 Å². The molecule has 0 radical (unpaired) electrons. The fourth-order valence-electron chi connectivity index (χ4n) is 4.10. The highest BCUT2D eigenvalue weighted by molar-refractivity contribution is 6.17. The number of hydrogen-bond acceptors (Lipinski definition) is 5. The average Bonchev–Trinajstić information content (AvgIpc) is 2.95. The van der Waals surface area contributed by atoms with Gasteiger partial charge in [0.05, 0.1) is 18.2 Å². The van der Waals surface area contributed by atoms with E-state index in [0.717, 1.165) is 16.8 Å². The number of nitrogens with zero attached hydrogens (tertiary/aromatic N) is 2. The molecule has 0 aromatic heterocycles. The van der Waals surface area contributed by atoms with E-state index in [2.05, 4.69) is 5.32 Å². The van der Waals surface area contributed by atoms with Crippen molar-refractivity contribution in [1.29, 1.82) is 0 Å². The number of ketones is 1. The summed E-state index contributed by atoms with van der Waals surface area (Å²) in [5, 5.41) is 2.75. The molecule has 0 aliphatic carbocycles. The third-order valence-electron chi connectivity index (χ3n) is 6.00. The molecular weight excluding hydrogens is 431 g/mol. The van der Waals surface area contributed by atoms with Crippen LogP contribution in [0.2, 0.25) is 0 Å². The molecule has 6 nitrogen and oxygen atoms in total. The van der Waals surface area contributed by atoms with E-state index < -0.39 is 18.2 Å². The van der Waals surface area contributed by atoms with E-state index in [1.807, 2.05) is 66.5 Å². The molecule has 3 aromatic rings. The molecule has 3 atom stereocenters. The first-order valence-electron chi connectivity index (χ1n) is 11.1. The lowest BCUT2D eigenvalue weighted by atomic mass is 10.00. The minimum atomic E-state index is -0.895. The van der Waals surface area contributed by atoms with Gasteiger partial charge in [0.2, 0.25) is 5.91 Å². The molecule has 174 valence electrons. The van der Waals surface area contributed by atoms with Crippen LogP contribution in [0.15, 0.2) is 83.9 Å². The smallest absolute Gasteiger partial charge is 0.224 e. The predicted molar refractivity (Wildman–Crippen MR) is 131 cm³/mol. The summed E-state index contributed by atoms with van der Waals surface area (Å²) in [7, 11) is 1.84. The number of nitrogens with two attached hydrogens (primary N) is 1. The molecule has 0 fully saturated rings. The van der Waals surface area contributed by atoms with Gasteiger partial charge in [-0.2, -0.15) is 0 Å². The lowest BCUT2D eigenvalue weighted by Gasteiger charge is -2.30. The molecule has 3 N–H and O–H groups in total. The van der Waals surface area contributed by atoms with Crippen LogP contribution in [0.5, 0.6) is 0 Å². The summed E-state index contributed by atoms with van der Waals surface area (Å²) >= 11 is 0. The molecule has 1 heterocycles. The number of benzodiazepines with no additional fused rings is 1. The average molecular weight is 459 g/mol. The minimum Gasteiger partial charge on any atom is -0.356 e. The first-order chi connectivity index (χ1) is 16.3. The monoisotopic (exact) mass is 458 g/mol. The van der Waals surface area contributed by atoms with Crippen molar-refractivity contribution in [1.82, 2.24) is 5.32 Å². The van der Waals surface area contributed by atoms with Gasteiger partial charge in [0, 0.05) is 23.9 Å². The number of para-hydroxylation sites is 1. The van der Waals surface area contributed by atoms with Crippen molar-refractivity contribution in [2.24, 2.45) is 10.7 Å². The molecule has 1 amide bonds. The number of nitrogens with one attached hydrogen (secondary N) is 1. The SMILES string of the molecule is CC(NC(=O)Cc1ccc(F)cc1)C(=O)C1N=C(c2ccccc2)c2ccccc2N(C)[C@@H]1N. The van der Waals surface area contributed by atoms with Crippen LogP contribution in [0.4, 0.5) is 10.1 Å². The molecule has 0 bridgehead atoms. The Labute approximate surface area is 198 Å². The largest absolute Gasteiger partial charge is 0.356 e. The van der Waals surface area contributed by atoms with Crippen LogP contribution in [0.25, 0.3) is 0 Å². The Morgan fingerprint density at radius 3 is 2.38 bits per heavy atom. The first-order valence-corrected chi connectivity index (χ1v) is 11.1. The van der Waals surface area contributed by atoms with Gasteiger partial charge in [0.15, 0.2) is 5.78 Å². The quantitative estimate of drug-likeness (QED) is 0.594. The zero-order valence-corrected chi connectivity index (χ0v) is 19.1. The molecule has 34 heavy (non-hydrogen) atoms. The van der Waals surface area contributed by atoms with E-state index in [1.165, 1.54) is 12.1 Å². The van der Waals surface area contributed by atoms with Gasteiger partial charge < -0.3 is 16.0 Å². The molecule has 0 saturated heterocycles. The van der Waals surface area contributed by atoms with Gasteiger partial charge in [-0.3, -0.25) is 14.6 Å². The second kappa shape index (κ2) is 9.97. The summed E-state index contributed by atoms with van der Waals surface area (Å²) in [6, 6.07) is 21.4. The zero-order chi connectivity index (χ0) is 24.2. The van der Waals surface area contributed by atoms with Gasteiger partial charge >= 0.3 is 0 Å². The number of carbonyl (C=O) groups is 2. The van der Waals surface area contributed by atoms with Crippen LogP contribution in [0, 0.1) is 5.82 Å². The number of halogens is 1. The van der Waals surface area contributed by atoms with Crippen molar-refractivity contribution in [3.8, 4) is 0 Å². The molecule has 7 heteroatoms. The van der Waals surface area contributed by atoms with E-state index in [0.29, 0.717) is 11.3 Å². The molecule has 4 rings (SSSR count). The van der Waals surface area contributed by atoms with Crippen molar-refractivity contribution >= 4 is 23.1 Å². The maximum atomic E-state index is 13.5. The number of hydrogen-bond donors (Lipinski definition) is 2. The summed E-state index contributed by atoms with van der Waals surface area (Å²) in [6.45, 7) is 1.63. The third-order valence-corrected chi connectivity index (χ3v) is 6.00. The summed E-state index contributed by atoms with van der Waals surface area (Å²) in [6.07, 6.45) is -0.676. The van der Waals surface area contributed by atoms with Crippen LogP contribution >= 0.6 is 0 Å². The number of rotatable bonds is 6. The van der Waals surface area contributed by atoms with Crippen molar-refractivity contribution in [3.05, 3.63) is 101 Å². The van der Waals surface area contributed by atoms with Crippen LogP contribution in [0.1, 0.15) is 23.6 Å². The first kappa shape index (κ1) is 23.3. The number of benzene rings is 3. The number of likely N-dealkylation sites (N-methyl/N-ethyl adjacent to an activating group) is 1. The van der Waals surface area contributed by atoms with E-state index in [-0.39, 0.29) is 23.9 Å². The zero-order valence-electron chi connectivity index (χ0n) is 19.1. The second-order valence-electron chi connectivity index (χ2n) is 8.40. The highest BCUT2D eigenvalue weighted by Gasteiger charge is 2.36. The Hall–Kier alpha value is -3.84. The fraction of sp³-hybridized carbons (Fsp3) is 0.222. The van der Waals surface area contributed by atoms with Crippen molar-refractivity contribution < 1.29 is 14.0 Å². The normalized spacial score (nSPS) is 18.4. The van der Waals surface area contributed by atoms with E-state index in [9.17, 15) is 14.0 Å². The predicted octanol–water partition coefficient (Wildman–Crippen LogP) is 3.08. The molecule has 1 aliphatic rings. The van der Waals surface area contributed by atoms with Crippen LogP contribution in [0.3, 0.4) is 0 Å². The maximum absolute atomic E-state index is 13.5. The number of Topliss-reactive ketones (excluding diaryl/α,β-unsaturated/α-hetero) is 1. The minimum absolute atomic E-state index is 0.0402. The summed E-state index contributed by atoms with van der Waals surface area (Å²) < 4.78 is 13.1. The third kappa shape index (κ3) is 4.89. The van der Waals surface area contributed by atoms with Crippen molar-refractivity contribution in [2.45, 2.75) is 31.6 Å². The van der Waals surface area contributed by atoms with E-state index in [1.54, 1.807) is 19.1 Å². The lowest BCUT2D eigenvalue weighted by molar-refractivity contribution is -0.127. The van der Waals surface area contributed by atoms with E-state index >= 15 is 0 Å². The van der Waals surface area contributed by atoms with Crippen LogP contribution in [-0.4, -0.2) is 42.7 Å². The Balaban J connectivity index is 1.61. The molecule has 0 spiro atoms. The van der Waals surface area contributed by atoms with Gasteiger partial charge in [-0.25, -0.2) is 4.39 Å². The van der Waals surface area contributed by atoms with Gasteiger partial charge in [-0.1, -0.05) is 60.7 Å². The van der Waals surface area contributed by atoms with Gasteiger partial charge in [-0.05, 0) is 30.7 Å². The highest BCUT2D eigenvalue weighted by Crippen LogP contribution is 2.29. The molecule has 3 aromatic carbocycles. The van der Waals surface area contributed by atoms with Crippen molar-refractivity contribution in [3.63, 3.8) is 0 Å². The van der Waals surface area contributed by atoms with E-state index in [4.69, 9.17) is 10.7 Å². The fourth-order valence-corrected chi connectivity index (χ4v) is 4.10. The molecule has 2 unspecified atom stereocenters. The van der Waals surface area contributed by atoms with Gasteiger partial charge in [-0.15, -0.1) is 0 Å². The molecular formula is C27H27FN4O2. The van der Waals surface area contributed by atoms with Crippen LogP contribution < -0.4 is 16.0 Å². The maximum Gasteiger partial charge on any atom is 0.224 e. The van der Waals surface area contributed by atoms with Gasteiger partial charge in [0.25, 0.3) is 0 Å². The highest BCUT2D eigenvalue weighted by atomic mass is 19.1. The number of carbonyl (C=O) groups excluding carboxylic acids is 2. The second-order valence-corrected chi connectivity index (χ2v) is 8.40. The Morgan fingerprint density at radius 2 is 1.68 bits per heavy atom. The number of amides is 1.